The Hall–Kier alpha value is -1.29. The minimum Gasteiger partial charge on any atom is -0.384 e. The lowest BCUT2D eigenvalue weighted by molar-refractivity contribution is 0.275. The van der Waals surface area contributed by atoms with Crippen LogP contribution in [0.5, 0.6) is 0 Å². The third-order valence-electron chi connectivity index (χ3n) is 2.93. The van der Waals surface area contributed by atoms with Gasteiger partial charge in [0.15, 0.2) is 0 Å². The summed E-state index contributed by atoms with van der Waals surface area (Å²) in [6.07, 6.45) is 1.86. The molecule has 4 nitrogen and oxygen atoms in total. The van der Waals surface area contributed by atoms with Gasteiger partial charge in [0.25, 0.3) is 0 Å². The van der Waals surface area contributed by atoms with Crippen molar-refractivity contribution in [3.8, 4) is 0 Å². The van der Waals surface area contributed by atoms with Crippen LogP contribution in [-0.4, -0.2) is 42.6 Å². The quantitative estimate of drug-likeness (QED) is 0.738. The fourth-order valence-electron chi connectivity index (χ4n) is 2.09. The minimum atomic E-state index is 0.536. The molecule has 0 saturated carbocycles. The van der Waals surface area contributed by atoms with Gasteiger partial charge < -0.3 is 15.5 Å². The van der Waals surface area contributed by atoms with Crippen molar-refractivity contribution >= 4 is 11.5 Å². The summed E-state index contributed by atoms with van der Waals surface area (Å²) in [5.74, 6) is 0.584. The molecule has 1 aromatic rings. The van der Waals surface area contributed by atoms with Crippen molar-refractivity contribution in [2.75, 3.05) is 37.3 Å². The van der Waals surface area contributed by atoms with Crippen LogP contribution in [0.3, 0.4) is 0 Å². The zero-order chi connectivity index (χ0) is 10.8. The Labute approximate surface area is 90.7 Å². The molecule has 2 heterocycles. The molecule has 0 aromatic carbocycles. The molecule has 1 aliphatic rings. The Balaban J connectivity index is 2.13. The Morgan fingerprint density at radius 2 is 2.20 bits per heavy atom. The lowest BCUT2D eigenvalue weighted by atomic mass is 10.2. The predicted octanol–water partition coefficient (Wildman–Crippen LogP) is 0.804. The molecular formula is C11H18N4. The number of nitrogens with zero attached hydrogens (tertiary/aromatic N) is 3. The van der Waals surface area contributed by atoms with Crippen LogP contribution in [0.4, 0.5) is 11.5 Å². The van der Waals surface area contributed by atoms with E-state index in [9.17, 15) is 0 Å². The van der Waals surface area contributed by atoms with E-state index in [4.69, 9.17) is 5.73 Å². The number of likely N-dealkylation sites (N-methyl/N-ethyl adjacent to an activating group) is 1. The zero-order valence-electron chi connectivity index (χ0n) is 9.35. The van der Waals surface area contributed by atoms with Crippen molar-refractivity contribution in [1.82, 2.24) is 9.88 Å². The van der Waals surface area contributed by atoms with Crippen LogP contribution >= 0.6 is 0 Å². The van der Waals surface area contributed by atoms with E-state index in [0.29, 0.717) is 11.9 Å². The van der Waals surface area contributed by atoms with Crippen LogP contribution in [0, 0.1) is 0 Å². The second-order valence-electron chi connectivity index (χ2n) is 4.25. The molecule has 1 fully saturated rings. The molecule has 4 heteroatoms. The summed E-state index contributed by atoms with van der Waals surface area (Å²) >= 11 is 0. The van der Waals surface area contributed by atoms with Gasteiger partial charge in [0.05, 0.1) is 11.9 Å². The highest BCUT2D eigenvalue weighted by Crippen LogP contribution is 2.19. The maximum Gasteiger partial charge on any atom is 0.123 e. The molecule has 1 aromatic heterocycles. The van der Waals surface area contributed by atoms with Crippen LogP contribution < -0.4 is 10.6 Å². The molecule has 1 saturated heterocycles. The molecule has 0 bridgehead atoms. The fourth-order valence-corrected chi connectivity index (χ4v) is 2.09. The first-order valence-electron chi connectivity index (χ1n) is 5.33. The first-order chi connectivity index (χ1) is 7.16. The van der Waals surface area contributed by atoms with Gasteiger partial charge in [0.2, 0.25) is 0 Å². The second-order valence-corrected chi connectivity index (χ2v) is 4.25. The van der Waals surface area contributed by atoms with Crippen LogP contribution in [0.1, 0.15) is 6.92 Å². The van der Waals surface area contributed by atoms with Crippen LogP contribution in [0.25, 0.3) is 0 Å². The van der Waals surface area contributed by atoms with Crippen molar-refractivity contribution < 1.29 is 0 Å². The van der Waals surface area contributed by atoms with E-state index >= 15 is 0 Å². The van der Waals surface area contributed by atoms with Crippen molar-refractivity contribution in [2.45, 2.75) is 13.0 Å². The predicted molar refractivity (Wildman–Crippen MR) is 63.0 cm³/mol. The Morgan fingerprint density at radius 3 is 2.80 bits per heavy atom. The van der Waals surface area contributed by atoms with E-state index in [2.05, 4.69) is 28.8 Å². The van der Waals surface area contributed by atoms with Gasteiger partial charge in [0, 0.05) is 25.7 Å². The van der Waals surface area contributed by atoms with Gasteiger partial charge in [-0.1, -0.05) is 0 Å². The Kier molecular flexibility index (Phi) is 2.77. The first-order valence-corrected chi connectivity index (χ1v) is 5.33. The summed E-state index contributed by atoms with van der Waals surface area (Å²) in [4.78, 5) is 8.86. The molecule has 2 N–H and O–H groups in total. The number of nitrogens with two attached hydrogens (primary N) is 1. The maximum absolute atomic E-state index is 5.58. The molecule has 1 atom stereocenters. The lowest BCUT2D eigenvalue weighted by Crippen LogP contribution is -2.50. The normalized spacial score (nSPS) is 23.1. The third kappa shape index (κ3) is 2.21. The number of hydrogen-bond donors (Lipinski definition) is 1. The van der Waals surface area contributed by atoms with E-state index in [1.54, 1.807) is 0 Å². The third-order valence-corrected chi connectivity index (χ3v) is 2.93. The first kappa shape index (κ1) is 10.2. The number of nitrogen functional groups attached to an aromatic ring is 1. The van der Waals surface area contributed by atoms with Crippen molar-refractivity contribution in [3.63, 3.8) is 0 Å². The van der Waals surface area contributed by atoms with E-state index in [0.717, 1.165) is 19.6 Å². The molecule has 0 radical (unpaired) electrons. The highest BCUT2D eigenvalue weighted by molar-refractivity contribution is 5.49. The molecular weight excluding hydrogens is 188 g/mol. The van der Waals surface area contributed by atoms with Gasteiger partial charge in [-0.25, -0.2) is 4.98 Å². The standard InChI is InChI=1S/C11H18N4/c1-9-8-14(2)5-6-15(9)10-3-4-11(12)13-7-10/h3-4,7,9H,5-6,8H2,1-2H3,(H2,12,13). The molecule has 0 spiro atoms. The molecule has 0 aliphatic carbocycles. The van der Waals surface area contributed by atoms with Crippen molar-refractivity contribution in [3.05, 3.63) is 18.3 Å². The molecule has 82 valence electrons. The lowest BCUT2D eigenvalue weighted by Gasteiger charge is -2.39. The van der Waals surface area contributed by atoms with Gasteiger partial charge >= 0.3 is 0 Å². The van der Waals surface area contributed by atoms with Gasteiger partial charge in [-0.3, -0.25) is 0 Å². The van der Waals surface area contributed by atoms with Crippen LogP contribution in [0.15, 0.2) is 18.3 Å². The summed E-state index contributed by atoms with van der Waals surface area (Å²) in [6.45, 7) is 5.51. The SMILES string of the molecule is CC1CN(C)CCN1c1ccc(N)nc1. The number of aromatic nitrogens is 1. The largest absolute Gasteiger partial charge is 0.384 e. The summed E-state index contributed by atoms with van der Waals surface area (Å²) in [6, 6.07) is 4.44. The van der Waals surface area contributed by atoms with Gasteiger partial charge in [-0.15, -0.1) is 0 Å². The van der Waals surface area contributed by atoms with E-state index in [1.807, 2.05) is 18.3 Å². The molecule has 2 rings (SSSR count). The molecule has 15 heavy (non-hydrogen) atoms. The highest BCUT2D eigenvalue weighted by atomic mass is 15.3. The second kappa shape index (κ2) is 4.06. The van der Waals surface area contributed by atoms with Crippen molar-refractivity contribution in [2.24, 2.45) is 0 Å². The van der Waals surface area contributed by atoms with Gasteiger partial charge in [0.1, 0.15) is 5.82 Å². The number of hydrogen-bond acceptors (Lipinski definition) is 4. The summed E-state index contributed by atoms with van der Waals surface area (Å²) < 4.78 is 0. The molecule has 1 unspecified atom stereocenters. The van der Waals surface area contributed by atoms with E-state index < -0.39 is 0 Å². The van der Waals surface area contributed by atoms with Gasteiger partial charge in [-0.05, 0) is 26.1 Å². The topological polar surface area (TPSA) is 45.4 Å². The zero-order valence-corrected chi connectivity index (χ0v) is 9.35. The summed E-state index contributed by atoms with van der Waals surface area (Å²) in [7, 11) is 2.16. The smallest absolute Gasteiger partial charge is 0.123 e. The van der Waals surface area contributed by atoms with Gasteiger partial charge in [-0.2, -0.15) is 0 Å². The monoisotopic (exact) mass is 206 g/mol. The maximum atomic E-state index is 5.58. The Morgan fingerprint density at radius 1 is 1.40 bits per heavy atom. The number of pyridine rings is 1. The van der Waals surface area contributed by atoms with E-state index in [1.165, 1.54) is 5.69 Å². The van der Waals surface area contributed by atoms with Crippen LogP contribution in [-0.2, 0) is 0 Å². The molecule has 0 amide bonds. The Bertz CT molecular complexity index is 322. The summed E-state index contributed by atoms with van der Waals surface area (Å²) in [5, 5.41) is 0. The fraction of sp³-hybridized carbons (Fsp3) is 0.545. The minimum absolute atomic E-state index is 0.536. The number of anilines is 2. The van der Waals surface area contributed by atoms with E-state index in [-0.39, 0.29) is 0 Å². The summed E-state index contributed by atoms with van der Waals surface area (Å²) in [5.41, 5.74) is 6.75. The van der Waals surface area contributed by atoms with Crippen LogP contribution in [0.2, 0.25) is 0 Å². The highest BCUT2D eigenvalue weighted by Gasteiger charge is 2.21. The van der Waals surface area contributed by atoms with Crippen molar-refractivity contribution in [1.29, 1.82) is 0 Å². The molecule has 1 aliphatic heterocycles. The average molecular weight is 206 g/mol. The number of piperazine rings is 1. The number of rotatable bonds is 1. The average Bonchev–Trinajstić information content (AvgIpc) is 2.20.